The van der Waals surface area contributed by atoms with Gasteiger partial charge in [0, 0.05) is 24.9 Å². The second-order valence-corrected chi connectivity index (χ2v) is 4.71. The molecule has 1 amide bonds. The summed E-state index contributed by atoms with van der Waals surface area (Å²) in [4.78, 5) is 13.0. The lowest BCUT2D eigenvalue weighted by Gasteiger charge is -2.38. The van der Waals surface area contributed by atoms with Crippen LogP contribution in [0.15, 0.2) is 0 Å². The number of hydrogen-bond donors (Lipinski definition) is 0. The number of likely N-dealkylation sites (tertiary alicyclic amines) is 1. The average Bonchev–Trinajstić information content (AvgIpc) is 1.79. The quantitative estimate of drug-likeness (QED) is 0.614. The van der Waals surface area contributed by atoms with Crippen LogP contribution in [0.2, 0.25) is 0 Å². The van der Waals surface area contributed by atoms with Gasteiger partial charge in [-0.3, -0.25) is 0 Å². The normalized spacial score (nSPS) is 18.3. The molecule has 0 unspecified atom stereocenters. The highest BCUT2D eigenvalue weighted by molar-refractivity contribution is 6.18. The molecule has 0 aromatic heterocycles. The van der Waals surface area contributed by atoms with Crippen molar-refractivity contribution in [1.82, 2.24) is 4.90 Å². The van der Waals surface area contributed by atoms with Gasteiger partial charge >= 0.3 is 6.09 Å². The Balaban J connectivity index is 2.27. The summed E-state index contributed by atoms with van der Waals surface area (Å²) in [6, 6.07) is 0. The zero-order valence-electron chi connectivity index (χ0n) is 8.34. The van der Waals surface area contributed by atoms with E-state index in [2.05, 4.69) is 0 Å². The van der Waals surface area contributed by atoms with Gasteiger partial charge < -0.3 is 9.64 Å². The molecule has 0 N–H and O–H groups in total. The summed E-state index contributed by atoms with van der Waals surface area (Å²) in [6.07, 6.45) is -0.228. The van der Waals surface area contributed by atoms with Crippen molar-refractivity contribution in [3.63, 3.8) is 0 Å². The highest BCUT2D eigenvalue weighted by Crippen LogP contribution is 2.19. The van der Waals surface area contributed by atoms with Crippen LogP contribution in [0.4, 0.5) is 4.79 Å². The minimum atomic E-state index is -0.400. The van der Waals surface area contributed by atoms with Crippen LogP contribution in [0.3, 0.4) is 0 Å². The number of alkyl halides is 1. The molecule has 0 aliphatic carbocycles. The molecule has 1 saturated heterocycles. The zero-order chi connectivity index (χ0) is 10.1. The van der Waals surface area contributed by atoms with Crippen molar-refractivity contribution in [3.05, 3.63) is 0 Å². The predicted octanol–water partition coefficient (Wildman–Crippen LogP) is 2.09. The Morgan fingerprint density at radius 2 is 2.08 bits per heavy atom. The molecule has 1 rings (SSSR count). The molecule has 0 aromatic rings. The van der Waals surface area contributed by atoms with Crippen LogP contribution in [0.1, 0.15) is 20.8 Å². The Morgan fingerprint density at radius 1 is 1.54 bits per heavy atom. The van der Waals surface area contributed by atoms with Gasteiger partial charge in [0.15, 0.2) is 0 Å². The van der Waals surface area contributed by atoms with Crippen molar-refractivity contribution >= 4 is 17.7 Å². The lowest BCUT2D eigenvalue weighted by molar-refractivity contribution is 0.00200. The fraction of sp³-hybridized carbons (Fsp3) is 0.889. The summed E-state index contributed by atoms with van der Waals surface area (Å²) in [5.74, 6) is 1.08. The van der Waals surface area contributed by atoms with Crippen molar-refractivity contribution in [2.24, 2.45) is 5.92 Å². The standard InChI is InChI=1S/C9H16ClNO2/c1-9(2,3)13-8(12)11-5-7(4-10)6-11/h7H,4-6H2,1-3H3. The first-order valence-corrected chi connectivity index (χ1v) is 4.99. The molecule has 76 valence electrons. The second kappa shape index (κ2) is 3.74. The number of rotatable bonds is 1. The molecular weight excluding hydrogens is 190 g/mol. The molecule has 3 nitrogen and oxygen atoms in total. The van der Waals surface area contributed by atoms with Gasteiger partial charge in [0.1, 0.15) is 5.60 Å². The molecule has 1 aliphatic heterocycles. The van der Waals surface area contributed by atoms with E-state index in [4.69, 9.17) is 16.3 Å². The van der Waals surface area contributed by atoms with Gasteiger partial charge in [-0.2, -0.15) is 0 Å². The Morgan fingerprint density at radius 3 is 2.46 bits per heavy atom. The lowest BCUT2D eigenvalue weighted by Crippen LogP contribution is -2.52. The number of hydrogen-bond acceptors (Lipinski definition) is 2. The van der Waals surface area contributed by atoms with Crippen molar-refractivity contribution in [1.29, 1.82) is 0 Å². The van der Waals surface area contributed by atoms with E-state index in [1.165, 1.54) is 0 Å². The largest absolute Gasteiger partial charge is 0.444 e. The first-order valence-electron chi connectivity index (χ1n) is 4.46. The fourth-order valence-corrected chi connectivity index (χ4v) is 1.34. The van der Waals surface area contributed by atoms with E-state index in [0.29, 0.717) is 11.8 Å². The first-order chi connectivity index (χ1) is 5.92. The smallest absolute Gasteiger partial charge is 0.410 e. The Bertz CT molecular complexity index is 194. The number of amides is 1. The van der Waals surface area contributed by atoms with E-state index in [1.807, 2.05) is 20.8 Å². The topological polar surface area (TPSA) is 29.5 Å². The third-order valence-corrected chi connectivity index (χ3v) is 2.26. The van der Waals surface area contributed by atoms with Gasteiger partial charge in [-0.25, -0.2) is 4.79 Å². The second-order valence-electron chi connectivity index (χ2n) is 4.41. The SMILES string of the molecule is CC(C)(C)OC(=O)N1CC(CCl)C1. The fourth-order valence-electron chi connectivity index (χ4n) is 1.14. The summed E-state index contributed by atoms with van der Waals surface area (Å²) in [5.41, 5.74) is -0.400. The zero-order valence-corrected chi connectivity index (χ0v) is 9.10. The molecule has 1 fully saturated rings. The van der Waals surface area contributed by atoms with E-state index in [9.17, 15) is 4.79 Å². The minimum absolute atomic E-state index is 0.228. The Labute approximate surface area is 84.0 Å². The molecule has 0 saturated carbocycles. The Hall–Kier alpha value is -0.440. The predicted molar refractivity (Wildman–Crippen MR) is 52.0 cm³/mol. The molecule has 13 heavy (non-hydrogen) atoms. The third-order valence-electron chi connectivity index (χ3n) is 1.83. The maximum atomic E-state index is 11.4. The van der Waals surface area contributed by atoms with Gasteiger partial charge in [0.05, 0.1) is 0 Å². The highest BCUT2D eigenvalue weighted by Gasteiger charge is 2.32. The average molecular weight is 206 g/mol. The summed E-state index contributed by atoms with van der Waals surface area (Å²) in [7, 11) is 0. The number of carbonyl (C=O) groups excluding carboxylic acids is 1. The summed E-state index contributed by atoms with van der Waals surface area (Å²) >= 11 is 5.63. The Kier molecular flexibility index (Phi) is 3.06. The monoisotopic (exact) mass is 205 g/mol. The van der Waals surface area contributed by atoms with Crippen LogP contribution in [-0.4, -0.2) is 35.6 Å². The van der Waals surface area contributed by atoms with Crippen LogP contribution in [0, 0.1) is 5.92 Å². The minimum Gasteiger partial charge on any atom is -0.444 e. The molecule has 0 atom stereocenters. The van der Waals surface area contributed by atoms with Crippen molar-refractivity contribution in [3.8, 4) is 0 Å². The number of halogens is 1. The maximum absolute atomic E-state index is 11.4. The third kappa shape index (κ3) is 3.07. The van der Waals surface area contributed by atoms with Crippen LogP contribution in [0.5, 0.6) is 0 Å². The van der Waals surface area contributed by atoms with Gasteiger partial charge in [0.2, 0.25) is 0 Å². The van der Waals surface area contributed by atoms with Crippen LogP contribution in [-0.2, 0) is 4.74 Å². The van der Waals surface area contributed by atoms with Crippen LogP contribution < -0.4 is 0 Å². The van der Waals surface area contributed by atoms with Crippen molar-refractivity contribution in [2.75, 3.05) is 19.0 Å². The van der Waals surface area contributed by atoms with Crippen LogP contribution >= 0.6 is 11.6 Å². The van der Waals surface area contributed by atoms with Gasteiger partial charge in [-0.05, 0) is 20.8 Å². The van der Waals surface area contributed by atoms with Crippen LogP contribution in [0.25, 0.3) is 0 Å². The van der Waals surface area contributed by atoms with E-state index < -0.39 is 5.60 Å². The van der Waals surface area contributed by atoms with E-state index in [0.717, 1.165) is 13.1 Å². The first kappa shape index (κ1) is 10.6. The van der Waals surface area contributed by atoms with E-state index in [-0.39, 0.29) is 6.09 Å². The molecule has 1 heterocycles. The highest BCUT2D eigenvalue weighted by atomic mass is 35.5. The molecule has 0 radical (unpaired) electrons. The van der Waals surface area contributed by atoms with Gasteiger partial charge in [-0.1, -0.05) is 0 Å². The van der Waals surface area contributed by atoms with Crippen molar-refractivity contribution < 1.29 is 9.53 Å². The van der Waals surface area contributed by atoms with Crippen molar-refractivity contribution in [2.45, 2.75) is 26.4 Å². The summed E-state index contributed by atoms with van der Waals surface area (Å²) in [6.45, 7) is 7.06. The molecule has 0 bridgehead atoms. The number of carbonyl (C=O) groups is 1. The molecule has 0 spiro atoms. The molecule has 0 aromatic carbocycles. The van der Waals surface area contributed by atoms with E-state index in [1.54, 1.807) is 4.90 Å². The summed E-state index contributed by atoms with van der Waals surface area (Å²) < 4.78 is 5.18. The maximum Gasteiger partial charge on any atom is 0.410 e. The molecular formula is C9H16ClNO2. The van der Waals surface area contributed by atoms with E-state index >= 15 is 0 Å². The number of nitrogens with zero attached hydrogens (tertiary/aromatic N) is 1. The van der Waals surface area contributed by atoms with Gasteiger partial charge in [-0.15, -0.1) is 11.6 Å². The number of ether oxygens (including phenoxy) is 1. The van der Waals surface area contributed by atoms with Gasteiger partial charge in [0.25, 0.3) is 0 Å². The summed E-state index contributed by atoms with van der Waals surface area (Å²) in [5, 5.41) is 0. The lowest BCUT2D eigenvalue weighted by atomic mass is 10.0. The molecule has 4 heteroatoms. The molecule has 1 aliphatic rings.